The summed E-state index contributed by atoms with van der Waals surface area (Å²) in [6, 6.07) is 21.4. The molecule has 0 radical (unpaired) electrons. The van der Waals surface area contributed by atoms with Crippen LogP contribution in [0.15, 0.2) is 66.7 Å². The van der Waals surface area contributed by atoms with Crippen LogP contribution >= 0.6 is 0 Å². The Balaban J connectivity index is 1.36. The Hall–Kier alpha value is -4.21. The monoisotopic (exact) mass is 491 g/mol. The minimum atomic E-state index is -0.692. The molecule has 0 spiro atoms. The van der Waals surface area contributed by atoms with Gasteiger partial charge in [0.2, 0.25) is 5.82 Å². The van der Waals surface area contributed by atoms with Gasteiger partial charge in [0.25, 0.3) is 5.91 Å². The fourth-order valence-electron chi connectivity index (χ4n) is 5.75. The summed E-state index contributed by atoms with van der Waals surface area (Å²) in [7, 11) is 0. The first-order valence-corrected chi connectivity index (χ1v) is 12.4. The molecule has 5 aromatic rings. The molecule has 2 saturated carbocycles. The molecule has 1 amide bonds. The SMILES string of the molecule is NC(=O)c1nnc2ccc3nc(-c4ccc([C@]5(N)C[C@@](O)(C6CC6)C5)cc4)c(-c4ccccc4)nc3n12. The average molecular weight is 492 g/mol. The Morgan fingerprint density at radius 2 is 1.57 bits per heavy atom. The third-order valence-corrected chi connectivity index (χ3v) is 7.77. The number of pyridine rings is 1. The molecule has 9 nitrogen and oxygen atoms in total. The third-order valence-electron chi connectivity index (χ3n) is 7.77. The number of hydrogen-bond donors (Lipinski definition) is 3. The van der Waals surface area contributed by atoms with Crippen molar-refractivity contribution >= 4 is 22.7 Å². The lowest BCUT2D eigenvalue weighted by atomic mass is 9.60. The van der Waals surface area contributed by atoms with Gasteiger partial charge >= 0.3 is 0 Å². The summed E-state index contributed by atoms with van der Waals surface area (Å²) in [4.78, 5) is 21.9. The number of carbonyl (C=O) groups is 1. The molecule has 0 bridgehead atoms. The van der Waals surface area contributed by atoms with Crippen molar-refractivity contribution in [1.29, 1.82) is 0 Å². The normalized spacial score (nSPS) is 23.3. The number of benzene rings is 2. The first-order valence-electron chi connectivity index (χ1n) is 12.4. The van der Waals surface area contributed by atoms with Gasteiger partial charge in [0, 0.05) is 16.7 Å². The molecule has 0 aliphatic heterocycles. The number of hydrogen-bond acceptors (Lipinski definition) is 7. The standard InChI is InChI=1S/C28H25N7O2/c29-24(36)26-34-33-21-13-12-20-25(35(21)26)32-23(16-4-2-1-3-5-16)22(31-20)17-6-8-18(9-7-17)27(30)14-28(37,15-27)19-10-11-19/h1-9,12-13,19,37H,10-11,14-15,30H2,(H2,29,36)/t27-,28-. The highest BCUT2D eigenvalue weighted by atomic mass is 16.3. The van der Waals surface area contributed by atoms with E-state index in [4.69, 9.17) is 21.4 Å². The molecule has 3 aromatic heterocycles. The van der Waals surface area contributed by atoms with Crippen molar-refractivity contribution < 1.29 is 9.90 Å². The minimum Gasteiger partial charge on any atom is -0.389 e. The highest BCUT2D eigenvalue weighted by molar-refractivity contribution is 5.93. The molecule has 2 aliphatic carbocycles. The van der Waals surface area contributed by atoms with Gasteiger partial charge in [-0.1, -0.05) is 54.6 Å². The number of primary amides is 1. The summed E-state index contributed by atoms with van der Waals surface area (Å²) in [5.74, 6) is -0.286. The maximum Gasteiger partial charge on any atom is 0.287 e. The van der Waals surface area contributed by atoms with Gasteiger partial charge < -0.3 is 16.6 Å². The largest absolute Gasteiger partial charge is 0.389 e. The quantitative estimate of drug-likeness (QED) is 0.342. The number of aromatic nitrogens is 5. The van der Waals surface area contributed by atoms with Crippen LogP contribution in [0.4, 0.5) is 0 Å². The van der Waals surface area contributed by atoms with Gasteiger partial charge in [-0.15, -0.1) is 10.2 Å². The Bertz CT molecular complexity index is 1690. The second-order valence-corrected chi connectivity index (χ2v) is 10.4. The second kappa shape index (κ2) is 7.64. The zero-order chi connectivity index (χ0) is 25.4. The second-order valence-electron chi connectivity index (χ2n) is 10.4. The van der Waals surface area contributed by atoms with Crippen LogP contribution < -0.4 is 11.5 Å². The summed E-state index contributed by atoms with van der Waals surface area (Å²) < 4.78 is 1.54. The number of nitrogens with two attached hydrogens (primary N) is 2. The fraction of sp³-hybridized carbons (Fsp3) is 0.250. The van der Waals surface area contributed by atoms with Crippen molar-refractivity contribution in [3.05, 3.63) is 78.1 Å². The van der Waals surface area contributed by atoms with Crippen molar-refractivity contribution in [3.8, 4) is 22.5 Å². The van der Waals surface area contributed by atoms with Gasteiger partial charge in [-0.05, 0) is 49.3 Å². The van der Waals surface area contributed by atoms with Crippen LogP contribution in [0.2, 0.25) is 0 Å². The van der Waals surface area contributed by atoms with E-state index in [9.17, 15) is 9.90 Å². The summed E-state index contributed by atoms with van der Waals surface area (Å²) in [6.07, 6.45) is 3.37. The van der Waals surface area contributed by atoms with Gasteiger partial charge in [0.15, 0.2) is 11.3 Å². The molecule has 2 aliphatic rings. The summed E-state index contributed by atoms with van der Waals surface area (Å²) in [6.45, 7) is 0. The van der Waals surface area contributed by atoms with E-state index in [0.717, 1.165) is 29.5 Å². The van der Waals surface area contributed by atoms with Gasteiger partial charge in [0.05, 0.1) is 17.0 Å². The van der Waals surface area contributed by atoms with Crippen LogP contribution in [-0.4, -0.2) is 41.2 Å². The molecule has 184 valence electrons. The summed E-state index contributed by atoms with van der Waals surface area (Å²) in [5.41, 5.74) is 16.7. The van der Waals surface area contributed by atoms with Crippen LogP contribution in [-0.2, 0) is 5.54 Å². The van der Waals surface area contributed by atoms with Crippen molar-refractivity contribution in [2.24, 2.45) is 17.4 Å². The molecule has 3 heterocycles. The first kappa shape index (κ1) is 22.0. The molecule has 0 unspecified atom stereocenters. The predicted molar refractivity (Wildman–Crippen MR) is 138 cm³/mol. The van der Waals surface area contributed by atoms with E-state index in [1.807, 2.05) is 60.7 Å². The fourth-order valence-corrected chi connectivity index (χ4v) is 5.75. The van der Waals surface area contributed by atoms with Crippen LogP contribution in [0.3, 0.4) is 0 Å². The number of rotatable bonds is 5. The molecule has 5 N–H and O–H groups in total. The lowest BCUT2D eigenvalue weighted by Crippen LogP contribution is -2.60. The van der Waals surface area contributed by atoms with Crippen LogP contribution in [0.1, 0.15) is 41.9 Å². The molecule has 9 heteroatoms. The predicted octanol–water partition coefficient (Wildman–Crippen LogP) is 3.19. The minimum absolute atomic E-state index is 0.00548. The number of carbonyl (C=O) groups excluding carboxylic acids is 1. The van der Waals surface area contributed by atoms with E-state index < -0.39 is 17.0 Å². The molecular formula is C28H25N7O2. The number of fused-ring (bicyclic) bond motifs is 3. The van der Waals surface area contributed by atoms with E-state index in [1.165, 1.54) is 0 Å². The van der Waals surface area contributed by atoms with Crippen molar-refractivity contribution in [1.82, 2.24) is 24.6 Å². The number of nitrogens with zero attached hydrogens (tertiary/aromatic N) is 5. The van der Waals surface area contributed by atoms with Gasteiger partial charge in [0.1, 0.15) is 5.52 Å². The molecule has 0 atom stereocenters. The van der Waals surface area contributed by atoms with Crippen molar-refractivity contribution in [2.45, 2.75) is 36.8 Å². The first-order chi connectivity index (χ1) is 17.8. The van der Waals surface area contributed by atoms with Gasteiger partial charge in [-0.3, -0.25) is 9.20 Å². The Kier molecular flexibility index (Phi) is 4.55. The summed E-state index contributed by atoms with van der Waals surface area (Å²) in [5, 5.41) is 18.8. The molecule has 2 aromatic carbocycles. The highest BCUT2D eigenvalue weighted by Crippen LogP contribution is 2.57. The van der Waals surface area contributed by atoms with Crippen molar-refractivity contribution in [2.75, 3.05) is 0 Å². The lowest BCUT2D eigenvalue weighted by molar-refractivity contribution is -0.106. The van der Waals surface area contributed by atoms with Gasteiger partial charge in [-0.2, -0.15) is 0 Å². The molecule has 0 saturated heterocycles. The van der Waals surface area contributed by atoms with E-state index in [-0.39, 0.29) is 5.82 Å². The van der Waals surface area contributed by atoms with E-state index >= 15 is 0 Å². The van der Waals surface area contributed by atoms with Crippen molar-refractivity contribution in [3.63, 3.8) is 0 Å². The number of amides is 1. The molecule has 37 heavy (non-hydrogen) atoms. The number of aliphatic hydroxyl groups is 1. The molecule has 2 fully saturated rings. The van der Waals surface area contributed by atoms with Crippen LogP contribution in [0.25, 0.3) is 39.3 Å². The maximum absolute atomic E-state index is 12.0. The van der Waals surface area contributed by atoms with E-state index in [0.29, 0.717) is 47.0 Å². The average Bonchev–Trinajstić information content (AvgIpc) is 3.66. The lowest BCUT2D eigenvalue weighted by Gasteiger charge is -2.52. The topological polar surface area (TPSA) is 145 Å². The van der Waals surface area contributed by atoms with Crippen LogP contribution in [0, 0.1) is 5.92 Å². The zero-order valence-electron chi connectivity index (χ0n) is 20.0. The summed E-state index contributed by atoms with van der Waals surface area (Å²) >= 11 is 0. The Labute approximate surface area is 212 Å². The highest BCUT2D eigenvalue weighted by Gasteiger charge is 2.58. The molecular weight excluding hydrogens is 466 g/mol. The van der Waals surface area contributed by atoms with Crippen LogP contribution in [0.5, 0.6) is 0 Å². The maximum atomic E-state index is 12.0. The van der Waals surface area contributed by atoms with E-state index in [2.05, 4.69) is 10.2 Å². The van der Waals surface area contributed by atoms with Gasteiger partial charge in [-0.25, -0.2) is 9.97 Å². The third kappa shape index (κ3) is 3.42. The Morgan fingerprint density at radius 3 is 2.24 bits per heavy atom. The Morgan fingerprint density at radius 1 is 0.892 bits per heavy atom. The smallest absolute Gasteiger partial charge is 0.287 e. The zero-order valence-corrected chi connectivity index (χ0v) is 20.0. The molecule has 7 rings (SSSR count). The van der Waals surface area contributed by atoms with E-state index in [1.54, 1.807) is 10.5 Å².